The molecule has 3 nitrogen and oxygen atoms in total. The van der Waals surface area contributed by atoms with Crippen molar-refractivity contribution in [3.8, 4) is 0 Å². The van der Waals surface area contributed by atoms with E-state index in [1.165, 1.54) is 0 Å². The van der Waals surface area contributed by atoms with Crippen LogP contribution in [0, 0.1) is 0 Å². The molecule has 0 radical (unpaired) electrons. The van der Waals surface area contributed by atoms with Gasteiger partial charge in [-0.25, -0.2) is 0 Å². The minimum absolute atomic E-state index is 0.225. The summed E-state index contributed by atoms with van der Waals surface area (Å²) in [6.45, 7) is 7.76. The number of aliphatic hydroxyl groups is 2. The zero-order valence-electron chi connectivity index (χ0n) is 8.32. The van der Waals surface area contributed by atoms with Crippen LogP contribution in [0.1, 0.15) is 27.2 Å². The van der Waals surface area contributed by atoms with Crippen molar-refractivity contribution in [2.45, 2.75) is 39.3 Å². The number of aliphatic hydroxyl groups excluding tert-OH is 2. The fourth-order valence-electron chi connectivity index (χ4n) is 1.17. The van der Waals surface area contributed by atoms with Gasteiger partial charge in [-0.3, -0.25) is 4.90 Å². The second-order valence-electron chi connectivity index (χ2n) is 3.51. The van der Waals surface area contributed by atoms with Gasteiger partial charge in [0.25, 0.3) is 0 Å². The molecule has 0 bridgehead atoms. The van der Waals surface area contributed by atoms with Gasteiger partial charge in [0.1, 0.15) is 0 Å². The molecular weight excluding hydrogens is 154 g/mol. The van der Waals surface area contributed by atoms with Crippen LogP contribution in [0.4, 0.5) is 0 Å². The summed E-state index contributed by atoms with van der Waals surface area (Å²) in [5.41, 5.74) is 0. The van der Waals surface area contributed by atoms with Crippen LogP contribution in [-0.2, 0) is 0 Å². The Balaban J connectivity index is 3.70. The maximum atomic E-state index is 9.17. The van der Waals surface area contributed by atoms with E-state index < -0.39 is 0 Å². The van der Waals surface area contributed by atoms with Crippen LogP contribution in [-0.4, -0.2) is 47.0 Å². The lowest BCUT2D eigenvalue weighted by Gasteiger charge is -2.27. The van der Waals surface area contributed by atoms with Gasteiger partial charge in [-0.05, 0) is 27.2 Å². The second-order valence-corrected chi connectivity index (χ2v) is 3.51. The normalized spacial score (nSPS) is 14.2. The monoisotopic (exact) mass is 175 g/mol. The molecule has 12 heavy (non-hydrogen) atoms. The molecule has 0 aromatic heterocycles. The standard InChI is InChI=1S/C9H21NO2/c1-8(2)10(5-4-6-11)7-9(3)12/h8-9,11-12H,4-7H2,1-3H3/t9-/m0/s1. The molecule has 74 valence electrons. The van der Waals surface area contributed by atoms with Crippen molar-refractivity contribution < 1.29 is 10.2 Å². The summed E-state index contributed by atoms with van der Waals surface area (Å²) in [5.74, 6) is 0. The molecule has 0 aromatic rings. The van der Waals surface area contributed by atoms with Crippen LogP contribution in [0.15, 0.2) is 0 Å². The van der Waals surface area contributed by atoms with E-state index in [2.05, 4.69) is 18.7 Å². The maximum Gasteiger partial charge on any atom is 0.0639 e. The number of hydrogen-bond acceptors (Lipinski definition) is 3. The van der Waals surface area contributed by atoms with Crippen molar-refractivity contribution in [2.24, 2.45) is 0 Å². The molecule has 1 atom stereocenters. The average Bonchev–Trinajstić information content (AvgIpc) is 1.96. The Morgan fingerprint density at radius 3 is 2.17 bits per heavy atom. The molecule has 0 aliphatic carbocycles. The van der Waals surface area contributed by atoms with E-state index in [4.69, 9.17) is 10.2 Å². The average molecular weight is 175 g/mol. The van der Waals surface area contributed by atoms with Gasteiger partial charge < -0.3 is 10.2 Å². The molecular formula is C9H21NO2. The summed E-state index contributed by atoms with van der Waals surface area (Å²) < 4.78 is 0. The Bertz CT molecular complexity index is 105. The van der Waals surface area contributed by atoms with Gasteiger partial charge in [0.2, 0.25) is 0 Å². The highest BCUT2D eigenvalue weighted by Gasteiger charge is 2.10. The van der Waals surface area contributed by atoms with E-state index >= 15 is 0 Å². The van der Waals surface area contributed by atoms with Crippen molar-refractivity contribution in [3.63, 3.8) is 0 Å². The molecule has 3 heteroatoms. The van der Waals surface area contributed by atoms with Crippen molar-refractivity contribution >= 4 is 0 Å². The Kier molecular flexibility index (Phi) is 6.34. The van der Waals surface area contributed by atoms with Crippen LogP contribution in [0.2, 0.25) is 0 Å². The summed E-state index contributed by atoms with van der Waals surface area (Å²) >= 11 is 0. The fraction of sp³-hybridized carbons (Fsp3) is 1.00. The van der Waals surface area contributed by atoms with E-state index in [1.807, 2.05) is 0 Å². The Labute approximate surface area is 75.0 Å². The Morgan fingerprint density at radius 2 is 1.83 bits per heavy atom. The number of rotatable bonds is 6. The van der Waals surface area contributed by atoms with E-state index in [0.29, 0.717) is 12.6 Å². The predicted molar refractivity (Wildman–Crippen MR) is 50.1 cm³/mol. The van der Waals surface area contributed by atoms with E-state index in [-0.39, 0.29) is 12.7 Å². The van der Waals surface area contributed by atoms with Crippen molar-refractivity contribution in [2.75, 3.05) is 19.7 Å². The molecule has 0 aromatic carbocycles. The first-order chi connectivity index (χ1) is 5.57. The van der Waals surface area contributed by atoms with Gasteiger partial charge in [0.05, 0.1) is 6.10 Å². The van der Waals surface area contributed by atoms with Crippen LogP contribution >= 0.6 is 0 Å². The van der Waals surface area contributed by atoms with Gasteiger partial charge in [-0.1, -0.05) is 0 Å². The highest BCUT2D eigenvalue weighted by atomic mass is 16.3. The first kappa shape index (κ1) is 11.9. The Hall–Kier alpha value is -0.120. The zero-order valence-corrected chi connectivity index (χ0v) is 8.32. The van der Waals surface area contributed by atoms with E-state index in [9.17, 15) is 0 Å². The van der Waals surface area contributed by atoms with E-state index in [1.54, 1.807) is 6.92 Å². The molecule has 0 amide bonds. The predicted octanol–water partition coefficient (Wildman–Crippen LogP) is 0.460. The third-order valence-corrected chi connectivity index (χ3v) is 1.83. The first-order valence-electron chi connectivity index (χ1n) is 4.61. The number of hydrogen-bond donors (Lipinski definition) is 2. The number of nitrogens with zero attached hydrogens (tertiary/aromatic N) is 1. The minimum Gasteiger partial charge on any atom is -0.396 e. The first-order valence-corrected chi connectivity index (χ1v) is 4.61. The summed E-state index contributed by atoms with van der Waals surface area (Å²) in [6.07, 6.45) is 0.497. The largest absolute Gasteiger partial charge is 0.396 e. The fourth-order valence-corrected chi connectivity index (χ4v) is 1.17. The SMILES string of the molecule is CC(C)N(CCCO)C[C@H](C)O. The lowest BCUT2D eigenvalue weighted by atomic mass is 10.2. The zero-order chi connectivity index (χ0) is 9.56. The maximum absolute atomic E-state index is 9.17. The molecule has 0 saturated carbocycles. The summed E-state index contributed by atoms with van der Waals surface area (Å²) in [5, 5.41) is 17.8. The summed E-state index contributed by atoms with van der Waals surface area (Å²) in [6, 6.07) is 0.436. The Morgan fingerprint density at radius 1 is 1.25 bits per heavy atom. The van der Waals surface area contributed by atoms with Crippen molar-refractivity contribution in [1.29, 1.82) is 0 Å². The van der Waals surface area contributed by atoms with E-state index in [0.717, 1.165) is 13.0 Å². The second kappa shape index (κ2) is 6.40. The van der Waals surface area contributed by atoms with Crippen LogP contribution in [0.25, 0.3) is 0 Å². The molecule has 0 aliphatic heterocycles. The third kappa shape index (κ3) is 5.52. The smallest absolute Gasteiger partial charge is 0.0639 e. The van der Waals surface area contributed by atoms with Gasteiger partial charge in [-0.15, -0.1) is 0 Å². The van der Waals surface area contributed by atoms with Crippen LogP contribution in [0.5, 0.6) is 0 Å². The molecule has 2 N–H and O–H groups in total. The molecule has 0 spiro atoms. The highest BCUT2D eigenvalue weighted by molar-refractivity contribution is 4.65. The molecule has 0 rings (SSSR count). The van der Waals surface area contributed by atoms with Gasteiger partial charge in [0, 0.05) is 25.7 Å². The third-order valence-electron chi connectivity index (χ3n) is 1.83. The van der Waals surface area contributed by atoms with Crippen molar-refractivity contribution in [1.82, 2.24) is 4.90 Å². The lowest BCUT2D eigenvalue weighted by molar-refractivity contribution is 0.102. The molecule has 0 aliphatic rings. The minimum atomic E-state index is -0.286. The summed E-state index contributed by atoms with van der Waals surface area (Å²) in [7, 11) is 0. The van der Waals surface area contributed by atoms with Gasteiger partial charge in [-0.2, -0.15) is 0 Å². The molecule has 0 heterocycles. The molecule has 0 fully saturated rings. The highest BCUT2D eigenvalue weighted by Crippen LogP contribution is 2.00. The van der Waals surface area contributed by atoms with Crippen LogP contribution < -0.4 is 0 Å². The topological polar surface area (TPSA) is 43.7 Å². The van der Waals surface area contributed by atoms with Crippen LogP contribution in [0.3, 0.4) is 0 Å². The summed E-state index contributed by atoms with van der Waals surface area (Å²) in [4.78, 5) is 2.17. The molecule has 0 unspecified atom stereocenters. The van der Waals surface area contributed by atoms with Crippen molar-refractivity contribution in [3.05, 3.63) is 0 Å². The van der Waals surface area contributed by atoms with Gasteiger partial charge in [0.15, 0.2) is 0 Å². The lowest BCUT2D eigenvalue weighted by Crippen LogP contribution is -2.37. The quantitative estimate of drug-likeness (QED) is 0.616. The van der Waals surface area contributed by atoms with Gasteiger partial charge >= 0.3 is 0 Å². The molecule has 0 saturated heterocycles.